The number of aliphatic hydroxyl groups excluding tert-OH is 1. The highest BCUT2D eigenvalue weighted by atomic mass is 32.1. The topological polar surface area (TPSA) is 29.5 Å². The lowest BCUT2D eigenvalue weighted by Crippen LogP contribution is -2.32. The molecule has 4 rings (SSSR count). The first-order chi connectivity index (χ1) is 13.2. The molecule has 4 heteroatoms. The molecule has 0 radical (unpaired) electrons. The summed E-state index contributed by atoms with van der Waals surface area (Å²) in [5.41, 5.74) is 4.99. The molecule has 1 aliphatic rings. The number of thiophene rings is 1. The zero-order chi connectivity index (χ0) is 18.8. The fourth-order valence-electron chi connectivity index (χ4n) is 3.85. The molecule has 0 bridgehead atoms. The first kappa shape index (κ1) is 18.6. The molecule has 1 aromatic heterocycles. The van der Waals surface area contributed by atoms with Crippen LogP contribution in [0.2, 0.25) is 0 Å². The summed E-state index contributed by atoms with van der Waals surface area (Å²) < 4.78 is 20.2. The average Bonchev–Trinajstić information content (AvgIpc) is 3.10. The number of aliphatic hydroxyl groups is 1. The third-order valence-corrected chi connectivity index (χ3v) is 6.44. The van der Waals surface area contributed by atoms with Gasteiger partial charge in [-0.05, 0) is 58.0 Å². The van der Waals surface area contributed by atoms with Gasteiger partial charge in [-0.3, -0.25) is 0 Å². The molecule has 3 atom stereocenters. The maximum absolute atomic E-state index is 13.1. The second-order valence-electron chi connectivity index (χ2n) is 7.39. The van der Waals surface area contributed by atoms with Gasteiger partial charge in [0.05, 0.1) is 18.3 Å². The van der Waals surface area contributed by atoms with Gasteiger partial charge in [0.25, 0.3) is 0 Å². The van der Waals surface area contributed by atoms with Crippen molar-refractivity contribution in [3.63, 3.8) is 0 Å². The van der Waals surface area contributed by atoms with Gasteiger partial charge in [0, 0.05) is 17.5 Å². The minimum absolute atomic E-state index is 0.240. The van der Waals surface area contributed by atoms with Crippen LogP contribution in [0.4, 0.5) is 4.39 Å². The number of alkyl halides is 1. The molecule has 1 saturated heterocycles. The van der Waals surface area contributed by atoms with Gasteiger partial charge >= 0.3 is 0 Å². The van der Waals surface area contributed by atoms with E-state index in [4.69, 9.17) is 4.74 Å². The summed E-state index contributed by atoms with van der Waals surface area (Å²) in [6, 6.07) is 15.1. The molecule has 1 aliphatic heterocycles. The van der Waals surface area contributed by atoms with Crippen molar-refractivity contribution in [3.05, 3.63) is 70.1 Å². The largest absolute Gasteiger partial charge is 0.393 e. The number of ether oxygens (including phenoxy) is 1. The molecule has 0 spiro atoms. The fraction of sp³-hybridized carbons (Fsp3) is 0.391. The summed E-state index contributed by atoms with van der Waals surface area (Å²) in [4.78, 5) is 0. The van der Waals surface area contributed by atoms with Crippen LogP contribution in [0.1, 0.15) is 48.1 Å². The molecule has 1 fully saturated rings. The first-order valence-corrected chi connectivity index (χ1v) is 10.5. The van der Waals surface area contributed by atoms with E-state index in [1.54, 1.807) is 11.3 Å². The van der Waals surface area contributed by atoms with E-state index < -0.39 is 18.9 Å². The van der Waals surface area contributed by atoms with Crippen molar-refractivity contribution in [1.82, 2.24) is 0 Å². The molecule has 2 heterocycles. The van der Waals surface area contributed by atoms with Crippen molar-refractivity contribution in [2.75, 3.05) is 6.67 Å². The quantitative estimate of drug-likeness (QED) is 0.620. The maximum Gasteiger partial charge on any atom is 0.116 e. The maximum atomic E-state index is 13.1. The Hall–Kier alpha value is -1.75. The van der Waals surface area contributed by atoms with Crippen LogP contribution in [0.3, 0.4) is 0 Å². The van der Waals surface area contributed by atoms with Crippen molar-refractivity contribution in [2.24, 2.45) is 0 Å². The lowest BCUT2D eigenvalue weighted by atomic mass is 9.94. The van der Waals surface area contributed by atoms with Gasteiger partial charge < -0.3 is 9.84 Å². The van der Waals surface area contributed by atoms with Crippen molar-refractivity contribution in [1.29, 1.82) is 0 Å². The second-order valence-corrected chi connectivity index (χ2v) is 8.30. The highest BCUT2D eigenvalue weighted by Crippen LogP contribution is 2.36. The fourth-order valence-corrected chi connectivity index (χ4v) is 4.80. The van der Waals surface area contributed by atoms with E-state index in [9.17, 15) is 9.50 Å². The smallest absolute Gasteiger partial charge is 0.116 e. The summed E-state index contributed by atoms with van der Waals surface area (Å²) in [7, 11) is 0. The Labute approximate surface area is 163 Å². The van der Waals surface area contributed by atoms with Crippen molar-refractivity contribution in [2.45, 2.75) is 50.9 Å². The van der Waals surface area contributed by atoms with E-state index in [0.717, 1.165) is 18.4 Å². The number of rotatable bonds is 5. The summed E-state index contributed by atoms with van der Waals surface area (Å²) in [6.07, 6.45) is 1.61. The minimum atomic E-state index is -0.548. The van der Waals surface area contributed by atoms with E-state index in [-0.39, 0.29) is 6.10 Å². The van der Waals surface area contributed by atoms with Crippen LogP contribution in [0.5, 0.6) is 0 Å². The van der Waals surface area contributed by atoms with Gasteiger partial charge in [-0.25, -0.2) is 4.39 Å². The normalized spacial score (nSPS) is 23.0. The van der Waals surface area contributed by atoms with Crippen LogP contribution >= 0.6 is 11.3 Å². The van der Waals surface area contributed by atoms with E-state index in [1.807, 2.05) is 0 Å². The van der Waals surface area contributed by atoms with Gasteiger partial charge in [-0.2, -0.15) is 0 Å². The lowest BCUT2D eigenvalue weighted by molar-refractivity contribution is -0.104. The zero-order valence-corrected chi connectivity index (χ0v) is 16.3. The predicted molar refractivity (Wildman–Crippen MR) is 109 cm³/mol. The molecular weight excluding hydrogens is 359 g/mol. The predicted octanol–water partition coefficient (Wildman–Crippen LogP) is 5.61. The van der Waals surface area contributed by atoms with Crippen LogP contribution in [0.15, 0.2) is 47.8 Å². The Morgan fingerprint density at radius 3 is 2.63 bits per heavy atom. The van der Waals surface area contributed by atoms with Crippen LogP contribution in [-0.2, 0) is 17.6 Å². The average molecular weight is 385 g/mol. The molecule has 3 aromatic rings. The highest BCUT2D eigenvalue weighted by molar-refractivity contribution is 7.17. The third-order valence-electron chi connectivity index (χ3n) is 5.43. The zero-order valence-electron chi connectivity index (χ0n) is 15.5. The molecule has 2 aromatic carbocycles. The molecule has 142 valence electrons. The van der Waals surface area contributed by atoms with Crippen LogP contribution in [0, 0.1) is 0 Å². The van der Waals surface area contributed by atoms with E-state index in [1.165, 1.54) is 26.8 Å². The number of hydrogen-bond donors (Lipinski definition) is 1. The number of hydrogen-bond acceptors (Lipinski definition) is 3. The van der Waals surface area contributed by atoms with Gasteiger partial charge in [-0.1, -0.05) is 37.3 Å². The van der Waals surface area contributed by atoms with Gasteiger partial charge in [0.15, 0.2) is 0 Å². The number of benzene rings is 2. The summed E-state index contributed by atoms with van der Waals surface area (Å²) >= 11 is 1.75. The second kappa shape index (κ2) is 8.09. The van der Waals surface area contributed by atoms with Crippen molar-refractivity contribution in [3.8, 4) is 0 Å². The Bertz CT molecular complexity index is 902. The Balaban J connectivity index is 1.60. The molecule has 0 aliphatic carbocycles. The standard InChI is InChI=1S/C23H25FO2S/c1-2-15-3-5-16(6-4-15)9-18-14-27-23-8-7-17(10-21(18)23)22-12-19(25)11-20(13-24)26-22/h3-8,10,14,19-20,22,25H,2,9,11-13H2,1H3. The molecule has 0 amide bonds. The first-order valence-electron chi connectivity index (χ1n) is 9.63. The van der Waals surface area contributed by atoms with E-state index in [2.05, 4.69) is 54.8 Å². The van der Waals surface area contributed by atoms with Crippen LogP contribution in [0.25, 0.3) is 10.1 Å². The molecule has 1 N–H and O–H groups in total. The summed E-state index contributed by atoms with van der Waals surface area (Å²) in [6.45, 7) is 1.62. The number of aryl methyl sites for hydroxylation is 1. The number of halogens is 1. The SMILES string of the molecule is CCc1ccc(Cc2csc3ccc(C4CC(O)CC(CF)O4)cc23)cc1. The third kappa shape index (κ3) is 4.08. The molecule has 2 nitrogen and oxygen atoms in total. The Morgan fingerprint density at radius 2 is 1.89 bits per heavy atom. The van der Waals surface area contributed by atoms with Crippen LogP contribution in [-0.4, -0.2) is 24.0 Å². The monoisotopic (exact) mass is 384 g/mol. The molecular formula is C23H25FO2S. The van der Waals surface area contributed by atoms with E-state index >= 15 is 0 Å². The van der Waals surface area contributed by atoms with Gasteiger partial charge in [0.2, 0.25) is 0 Å². The highest BCUT2D eigenvalue weighted by Gasteiger charge is 2.29. The van der Waals surface area contributed by atoms with Gasteiger partial charge in [0.1, 0.15) is 6.67 Å². The Kier molecular flexibility index (Phi) is 5.58. The van der Waals surface area contributed by atoms with Gasteiger partial charge in [-0.15, -0.1) is 11.3 Å². The van der Waals surface area contributed by atoms with Crippen molar-refractivity contribution >= 4 is 21.4 Å². The van der Waals surface area contributed by atoms with Crippen molar-refractivity contribution < 1.29 is 14.2 Å². The number of fused-ring (bicyclic) bond motifs is 1. The molecule has 27 heavy (non-hydrogen) atoms. The van der Waals surface area contributed by atoms with Crippen LogP contribution < -0.4 is 0 Å². The molecule has 3 unspecified atom stereocenters. The summed E-state index contributed by atoms with van der Waals surface area (Å²) in [5, 5.41) is 13.5. The Morgan fingerprint density at radius 1 is 1.11 bits per heavy atom. The molecule has 0 saturated carbocycles. The minimum Gasteiger partial charge on any atom is -0.393 e. The lowest BCUT2D eigenvalue weighted by Gasteiger charge is -2.32. The summed E-state index contributed by atoms with van der Waals surface area (Å²) in [5.74, 6) is 0. The van der Waals surface area contributed by atoms with E-state index in [0.29, 0.717) is 12.8 Å².